The Balaban J connectivity index is 0.000000527. The van der Waals surface area contributed by atoms with Crippen molar-refractivity contribution in [2.24, 2.45) is 40.4 Å². The van der Waals surface area contributed by atoms with Crippen molar-refractivity contribution in [1.29, 1.82) is 0 Å². The van der Waals surface area contributed by atoms with Crippen LogP contribution in [0.1, 0.15) is 65.2 Å². The zero-order valence-electron chi connectivity index (χ0n) is 21.5. The lowest BCUT2D eigenvalue weighted by Gasteiger charge is -2.62. The highest BCUT2D eigenvalue weighted by atomic mass is 35.5. The zero-order valence-corrected chi connectivity index (χ0v) is 23.1. The fraction of sp³-hybridized carbons (Fsp3) is 0.962. The predicted molar refractivity (Wildman–Crippen MR) is 136 cm³/mol. The Morgan fingerprint density at radius 2 is 1.69 bits per heavy atom. The average Bonchev–Trinajstić information content (AvgIpc) is 3.15. The number of alkyl halides is 1. The number of aliphatic hydroxyl groups excluding tert-OH is 1. The van der Waals surface area contributed by atoms with Crippen molar-refractivity contribution < 1.29 is 27.6 Å². The molecule has 35 heavy (non-hydrogen) atoms. The Hall–Kier alpha value is -0.250. The van der Waals surface area contributed by atoms with Gasteiger partial charge in [-0.2, -0.15) is 8.42 Å². The van der Waals surface area contributed by atoms with Crippen molar-refractivity contribution in [2.45, 2.75) is 77.4 Å². The maximum Gasteiger partial charge on any atom is 0.261 e. The lowest BCUT2D eigenvalue weighted by Crippen LogP contribution is -2.60. The van der Waals surface area contributed by atoms with E-state index in [-0.39, 0.29) is 35.1 Å². The molecule has 1 saturated heterocycles. The van der Waals surface area contributed by atoms with Crippen molar-refractivity contribution in [3.05, 3.63) is 0 Å². The van der Waals surface area contributed by atoms with Gasteiger partial charge in [0.2, 0.25) is 0 Å². The molecular formula is C26H44ClNO6S. The number of aliphatic hydroxyl groups is 1. The Kier molecular flexibility index (Phi) is 8.32. The van der Waals surface area contributed by atoms with E-state index in [0.717, 1.165) is 57.4 Å². The summed E-state index contributed by atoms with van der Waals surface area (Å²) in [5, 5.41) is 11.1. The zero-order chi connectivity index (χ0) is 25.6. The molecule has 7 nitrogen and oxygen atoms in total. The molecule has 4 aliphatic carbocycles. The third kappa shape index (κ3) is 5.49. The van der Waals surface area contributed by atoms with Crippen molar-refractivity contribution in [3.8, 4) is 0 Å². The van der Waals surface area contributed by atoms with Gasteiger partial charge in [0.15, 0.2) is 5.78 Å². The topological polar surface area (TPSA) is 104 Å². The van der Waals surface area contributed by atoms with Gasteiger partial charge in [-0.3, -0.25) is 14.2 Å². The van der Waals surface area contributed by atoms with Gasteiger partial charge in [-0.25, -0.2) is 0 Å². The van der Waals surface area contributed by atoms with E-state index in [2.05, 4.69) is 18.7 Å². The molecule has 2 N–H and O–H groups in total. The van der Waals surface area contributed by atoms with E-state index in [0.29, 0.717) is 23.5 Å². The quantitative estimate of drug-likeness (QED) is 0.421. The molecule has 5 fully saturated rings. The van der Waals surface area contributed by atoms with Gasteiger partial charge in [-0.15, -0.1) is 11.6 Å². The molecule has 0 radical (unpaired) electrons. The minimum atomic E-state index is -3.67. The molecule has 0 spiro atoms. The maximum atomic E-state index is 12.6. The van der Waals surface area contributed by atoms with Crippen molar-refractivity contribution in [1.82, 2.24) is 4.90 Å². The SMILES string of the molecule is CS(=O)(=O)O.C[C@]12C[C@H](N3CCOCC3)[C@@H](O)C[C@@H]1CC[C@@H]1[C@@H]2CC[C@]2(C)C(C(=O)CCl)CC[C@@H]12. The molecule has 0 amide bonds. The van der Waals surface area contributed by atoms with Gasteiger partial charge in [-0.05, 0) is 85.9 Å². The first kappa shape index (κ1) is 27.8. The molecule has 0 aromatic carbocycles. The summed E-state index contributed by atoms with van der Waals surface area (Å²) in [6.07, 6.45) is 9.86. The summed E-state index contributed by atoms with van der Waals surface area (Å²) in [6, 6.07) is 0.288. The molecule has 1 heterocycles. The highest BCUT2D eigenvalue weighted by molar-refractivity contribution is 7.85. The van der Waals surface area contributed by atoms with Gasteiger partial charge in [0.05, 0.1) is 31.5 Å². The van der Waals surface area contributed by atoms with Gasteiger partial charge >= 0.3 is 0 Å². The molecular weight excluding hydrogens is 490 g/mol. The Labute approximate surface area is 216 Å². The number of halogens is 1. The minimum Gasteiger partial charge on any atom is -0.391 e. The second-order valence-electron chi connectivity index (χ2n) is 12.4. The number of ether oxygens (including phenoxy) is 1. The smallest absolute Gasteiger partial charge is 0.261 e. The number of hydrogen-bond acceptors (Lipinski definition) is 6. The number of fused-ring (bicyclic) bond motifs is 5. The number of hydrogen-bond donors (Lipinski definition) is 2. The average molecular weight is 534 g/mol. The Bertz CT molecular complexity index is 871. The van der Waals surface area contributed by atoms with Gasteiger partial charge in [-0.1, -0.05) is 13.8 Å². The molecule has 1 unspecified atom stereocenters. The molecule has 5 aliphatic rings. The highest BCUT2D eigenvalue weighted by Gasteiger charge is 2.62. The van der Waals surface area contributed by atoms with Crippen LogP contribution >= 0.6 is 11.6 Å². The first-order valence-electron chi connectivity index (χ1n) is 13.4. The number of carbonyl (C=O) groups excluding carboxylic acids is 1. The second-order valence-corrected chi connectivity index (χ2v) is 14.1. The fourth-order valence-corrected chi connectivity index (χ4v) is 9.37. The van der Waals surface area contributed by atoms with Gasteiger partial charge in [0.1, 0.15) is 0 Å². The molecule has 5 rings (SSSR count). The summed E-state index contributed by atoms with van der Waals surface area (Å²) in [6.45, 7) is 8.48. The van der Waals surface area contributed by atoms with E-state index in [9.17, 15) is 18.3 Å². The largest absolute Gasteiger partial charge is 0.391 e. The van der Waals surface area contributed by atoms with Gasteiger partial charge < -0.3 is 9.84 Å². The van der Waals surface area contributed by atoms with Crippen LogP contribution in [-0.2, 0) is 19.6 Å². The standard InChI is InChI=1S/C25H40ClNO3.CH4O3S/c1-24-8-7-19-17(18(24)5-6-20(24)23(29)15-26)4-3-16-13-22(28)21(14-25(16,19)2)27-9-11-30-12-10-27;1-5(2,3)4/h16-22,28H,3-15H2,1-2H3;1H3,(H,2,3,4)/t16-,17-,18-,19-,20?,21-,22-,24-,25-;/m0./s1. The third-order valence-corrected chi connectivity index (χ3v) is 11.0. The number of rotatable bonds is 3. The first-order chi connectivity index (χ1) is 16.4. The predicted octanol–water partition coefficient (Wildman–Crippen LogP) is 3.63. The molecule has 0 bridgehead atoms. The number of ketones is 1. The van der Waals surface area contributed by atoms with Crippen LogP contribution in [-0.4, -0.2) is 79.3 Å². The van der Waals surface area contributed by atoms with E-state index in [4.69, 9.17) is 20.9 Å². The molecule has 9 atom stereocenters. The molecule has 0 aromatic rings. The lowest BCUT2D eigenvalue weighted by atomic mass is 9.44. The third-order valence-electron chi connectivity index (χ3n) is 10.7. The summed E-state index contributed by atoms with van der Waals surface area (Å²) in [7, 11) is -3.67. The van der Waals surface area contributed by atoms with Crippen molar-refractivity contribution in [3.63, 3.8) is 0 Å². The van der Waals surface area contributed by atoms with E-state index >= 15 is 0 Å². The van der Waals surface area contributed by atoms with E-state index < -0.39 is 10.1 Å². The number of nitrogens with zero attached hydrogens (tertiary/aromatic N) is 1. The second kappa shape index (κ2) is 10.5. The van der Waals surface area contributed by atoms with Crippen LogP contribution in [0.5, 0.6) is 0 Å². The van der Waals surface area contributed by atoms with Crippen molar-refractivity contribution in [2.75, 3.05) is 38.4 Å². The summed E-state index contributed by atoms with van der Waals surface area (Å²) in [5.41, 5.74) is 0.481. The van der Waals surface area contributed by atoms with Crippen LogP contribution in [0.25, 0.3) is 0 Å². The highest BCUT2D eigenvalue weighted by Crippen LogP contribution is 2.67. The number of Topliss-reactive ketones (excluding diaryl/α,β-unsaturated/α-hetero) is 1. The molecule has 202 valence electrons. The lowest BCUT2D eigenvalue weighted by molar-refractivity contribution is -0.156. The number of morpholine rings is 1. The first-order valence-corrected chi connectivity index (χ1v) is 15.8. The monoisotopic (exact) mass is 533 g/mol. The van der Waals surface area contributed by atoms with Crippen LogP contribution in [0, 0.1) is 40.4 Å². The summed E-state index contributed by atoms with van der Waals surface area (Å²) in [4.78, 5) is 15.1. The molecule has 9 heteroatoms. The maximum absolute atomic E-state index is 12.6. The van der Waals surface area contributed by atoms with E-state index in [1.807, 2.05) is 0 Å². The molecule has 1 aliphatic heterocycles. The summed E-state index contributed by atoms with van der Waals surface area (Å²) < 4.78 is 31.4. The Morgan fingerprint density at radius 1 is 1.06 bits per heavy atom. The Morgan fingerprint density at radius 3 is 2.31 bits per heavy atom. The van der Waals surface area contributed by atoms with Gasteiger partial charge in [0.25, 0.3) is 10.1 Å². The van der Waals surface area contributed by atoms with Crippen molar-refractivity contribution >= 4 is 27.5 Å². The summed E-state index contributed by atoms with van der Waals surface area (Å²) >= 11 is 5.99. The normalized spacial score (nSPS) is 45.9. The van der Waals surface area contributed by atoms with Crippen LogP contribution in [0.4, 0.5) is 0 Å². The van der Waals surface area contributed by atoms with E-state index in [1.165, 1.54) is 32.1 Å². The number of carbonyl (C=O) groups is 1. The van der Waals surface area contributed by atoms with Gasteiger partial charge in [0, 0.05) is 25.0 Å². The van der Waals surface area contributed by atoms with E-state index in [1.54, 1.807) is 0 Å². The molecule has 0 aromatic heterocycles. The summed E-state index contributed by atoms with van der Waals surface area (Å²) in [5.74, 6) is 3.47. The van der Waals surface area contributed by atoms with Crippen LogP contribution in [0.3, 0.4) is 0 Å². The molecule has 4 saturated carbocycles. The fourth-order valence-electron chi connectivity index (χ4n) is 9.18. The van der Waals surface area contributed by atoms with Crippen LogP contribution in [0.15, 0.2) is 0 Å². The van der Waals surface area contributed by atoms with Crippen LogP contribution in [0.2, 0.25) is 0 Å². The minimum absolute atomic E-state index is 0.161. The van der Waals surface area contributed by atoms with Crippen LogP contribution < -0.4 is 0 Å².